The van der Waals surface area contributed by atoms with Gasteiger partial charge < -0.3 is 0 Å². The molecule has 0 heterocycles. The van der Waals surface area contributed by atoms with Crippen molar-refractivity contribution in [2.24, 2.45) is 0 Å². The molecule has 0 fully saturated rings. The van der Waals surface area contributed by atoms with Gasteiger partial charge in [-0.3, -0.25) is 0 Å². The number of hydrogen-bond donors (Lipinski definition) is 0. The second kappa shape index (κ2) is 9.21. The minimum Gasteiger partial charge on any atom is -0.245 e. The molecule has 0 radical (unpaired) electrons. The minimum atomic E-state index is 0. The Bertz CT molecular complexity index is 25.1. The van der Waals surface area contributed by atoms with Crippen molar-refractivity contribution in [3.63, 3.8) is 0 Å². The molecule has 6 heavy (non-hydrogen) atoms. The summed E-state index contributed by atoms with van der Waals surface area (Å²) in [4.78, 5) is 0. The Kier molecular flexibility index (Phi) is 15.1. The van der Waals surface area contributed by atoms with Crippen LogP contribution in [-0.2, 0) is 32.7 Å². The van der Waals surface area contributed by atoms with Crippen LogP contribution in [0.4, 0.5) is 0 Å². The first-order chi connectivity index (χ1) is 2.41. The number of hydrogen-bond acceptors (Lipinski definition) is 0. The van der Waals surface area contributed by atoms with Crippen molar-refractivity contribution in [2.45, 2.75) is 13.3 Å². The quantitative estimate of drug-likeness (QED) is 0.537. The Hall–Kier alpha value is 0.714. The van der Waals surface area contributed by atoms with E-state index in [4.69, 9.17) is 0 Å². The Morgan fingerprint density at radius 2 is 2.33 bits per heavy atom. The molecule has 0 unspecified atom stereocenters. The summed E-state index contributed by atoms with van der Waals surface area (Å²) < 4.78 is 0. The third-order valence-electron chi connectivity index (χ3n) is 0.402. The molecular weight excluding hydrogens is 149 g/mol. The van der Waals surface area contributed by atoms with E-state index in [1.807, 2.05) is 6.42 Å². The van der Waals surface area contributed by atoms with Crippen LogP contribution in [0.25, 0.3) is 0 Å². The van der Waals surface area contributed by atoms with E-state index in [0.717, 1.165) is 6.42 Å². The zero-order valence-electron chi connectivity index (χ0n) is 4.15. The number of rotatable bonds is 2. The van der Waals surface area contributed by atoms with Gasteiger partial charge in [0, 0.05) is 0 Å². The summed E-state index contributed by atoms with van der Waals surface area (Å²) in [6, 6.07) is 0. The van der Waals surface area contributed by atoms with E-state index in [1.54, 1.807) is 6.08 Å². The molecule has 0 saturated carbocycles. The molecule has 30 valence electrons. The molecule has 0 aliphatic carbocycles. The first-order valence-electron chi connectivity index (χ1n) is 1.86. The fourth-order valence-corrected chi connectivity index (χ4v) is 0.167. The van der Waals surface area contributed by atoms with Crippen molar-refractivity contribution >= 4 is 0 Å². The zero-order chi connectivity index (χ0) is 4.12. The van der Waals surface area contributed by atoms with Gasteiger partial charge in [0.2, 0.25) is 0 Å². The normalized spacial score (nSPS) is 5.50. The van der Waals surface area contributed by atoms with Crippen LogP contribution in [0.15, 0.2) is 12.7 Å². The van der Waals surface area contributed by atoms with Gasteiger partial charge in [-0.25, -0.2) is 19.1 Å². The molecule has 0 rings (SSSR count). The molecule has 0 bridgehead atoms. The fraction of sp³-hybridized carbons (Fsp3) is 0.400. The summed E-state index contributed by atoms with van der Waals surface area (Å²) in [7, 11) is 0. The smallest absolute Gasteiger partial charge is 0.245 e. The molecular formula is C5H9Y+2. The maximum atomic E-state index is 3.49. The van der Waals surface area contributed by atoms with Crippen LogP contribution in [0.5, 0.6) is 0 Å². The fourth-order valence-electron chi connectivity index (χ4n) is 0.167. The van der Waals surface area contributed by atoms with E-state index >= 15 is 0 Å². The third kappa shape index (κ3) is 8.83. The minimum absolute atomic E-state index is 0. The van der Waals surface area contributed by atoms with Gasteiger partial charge in [0.15, 0.2) is 0 Å². The van der Waals surface area contributed by atoms with Crippen molar-refractivity contribution < 1.29 is 32.7 Å². The first kappa shape index (κ1) is 9.86. The first-order valence-corrected chi connectivity index (χ1v) is 1.86. The standard InChI is InChI=1S/C5H9.Y/c1-3-5-4-2;/h3,5H,1,4H2,2H3;/q-1;+3. The summed E-state index contributed by atoms with van der Waals surface area (Å²) >= 11 is 0. The largest absolute Gasteiger partial charge is 3.00 e. The van der Waals surface area contributed by atoms with E-state index in [0.29, 0.717) is 0 Å². The van der Waals surface area contributed by atoms with Gasteiger partial charge in [0.05, 0.1) is 0 Å². The molecule has 0 aliphatic rings. The van der Waals surface area contributed by atoms with E-state index in [9.17, 15) is 0 Å². The second-order valence-corrected chi connectivity index (χ2v) is 0.880. The maximum Gasteiger partial charge on any atom is 3.00 e. The molecule has 0 spiro atoms. The Balaban J connectivity index is 0. The van der Waals surface area contributed by atoms with Crippen molar-refractivity contribution in [1.29, 1.82) is 0 Å². The zero-order valence-corrected chi connectivity index (χ0v) is 6.98. The summed E-state index contributed by atoms with van der Waals surface area (Å²) in [5.74, 6) is 0. The summed E-state index contributed by atoms with van der Waals surface area (Å²) in [5, 5.41) is 0. The van der Waals surface area contributed by atoms with Gasteiger partial charge in [0.25, 0.3) is 0 Å². The van der Waals surface area contributed by atoms with Crippen LogP contribution < -0.4 is 0 Å². The predicted molar refractivity (Wildman–Crippen MR) is 24.8 cm³/mol. The van der Waals surface area contributed by atoms with E-state index in [1.165, 1.54) is 0 Å². The Labute approximate surface area is 64.9 Å². The van der Waals surface area contributed by atoms with Gasteiger partial charge in [0.1, 0.15) is 0 Å². The van der Waals surface area contributed by atoms with Gasteiger partial charge >= 0.3 is 32.7 Å². The van der Waals surface area contributed by atoms with E-state index in [2.05, 4.69) is 13.5 Å². The molecule has 0 saturated heterocycles. The molecule has 0 nitrogen and oxygen atoms in total. The van der Waals surface area contributed by atoms with E-state index in [-0.39, 0.29) is 32.7 Å². The monoisotopic (exact) mass is 158 g/mol. The van der Waals surface area contributed by atoms with Crippen LogP contribution in [0.2, 0.25) is 0 Å². The molecule has 0 aromatic carbocycles. The summed E-state index contributed by atoms with van der Waals surface area (Å²) in [6.45, 7) is 5.58. The van der Waals surface area contributed by atoms with Crippen molar-refractivity contribution in [3.05, 3.63) is 19.1 Å². The van der Waals surface area contributed by atoms with Gasteiger partial charge in [-0.2, -0.15) is 0 Å². The average molecular weight is 158 g/mol. The van der Waals surface area contributed by atoms with Gasteiger partial charge in [-0.05, 0) is 0 Å². The van der Waals surface area contributed by atoms with Gasteiger partial charge in [-0.15, -0.1) is 6.42 Å². The van der Waals surface area contributed by atoms with Crippen LogP contribution in [0.3, 0.4) is 0 Å². The molecule has 1 heteroatoms. The van der Waals surface area contributed by atoms with Crippen LogP contribution in [0, 0.1) is 6.42 Å². The van der Waals surface area contributed by atoms with E-state index < -0.39 is 0 Å². The summed E-state index contributed by atoms with van der Waals surface area (Å²) in [6.07, 6.45) is 4.92. The van der Waals surface area contributed by atoms with Crippen molar-refractivity contribution in [3.8, 4) is 0 Å². The van der Waals surface area contributed by atoms with Crippen LogP contribution >= 0.6 is 0 Å². The summed E-state index contributed by atoms with van der Waals surface area (Å²) in [5.41, 5.74) is 0. The third-order valence-corrected chi connectivity index (χ3v) is 0.402. The molecule has 0 amide bonds. The SMILES string of the molecule is C=C[CH-]CC.[Y+3]. The molecule has 0 aliphatic heterocycles. The molecule has 0 aromatic rings. The van der Waals surface area contributed by atoms with Gasteiger partial charge in [-0.1, -0.05) is 6.92 Å². The van der Waals surface area contributed by atoms with Crippen molar-refractivity contribution in [2.75, 3.05) is 0 Å². The number of unbranched alkanes of at least 4 members (excludes halogenated alkanes) is 1. The topological polar surface area (TPSA) is 0 Å². The van der Waals surface area contributed by atoms with Crippen LogP contribution in [-0.4, -0.2) is 0 Å². The number of allylic oxidation sites excluding steroid dienone is 1. The predicted octanol–water partition coefficient (Wildman–Crippen LogP) is 1.78. The molecule has 0 atom stereocenters. The second-order valence-electron chi connectivity index (χ2n) is 0.880. The maximum absolute atomic E-state index is 3.49. The molecule has 0 aromatic heterocycles. The van der Waals surface area contributed by atoms with Crippen molar-refractivity contribution in [1.82, 2.24) is 0 Å². The Morgan fingerprint density at radius 3 is 2.33 bits per heavy atom. The Morgan fingerprint density at radius 1 is 1.83 bits per heavy atom. The average Bonchev–Trinajstić information content (AvgIpc) is 1.41. The van der Waals surface area contributed by atoms with Crippen LogP contribution in [0.1, 0.15) is 13.3 Å². The molecule has 0 N–H and O–H groups in total.